The summed E-state index contributed by atoms with van der Waals surface area (Å²) in [6.45, 7) is -0.311. The van der Waals surface area contributed by atoms with Crippen LogP contribution in [0.3, 0.4) is 0 Å². The highest BCUT2D eigenvalue weighted by Crippen LogP contribution is 2.14. The molecule has 2 rings (SSSR count). The predicted molar refractivity (Wildman–Crippen MR) is 87.9 cm³/mol. The Balaban J connectivity index is 1.89. The van der Waals surface area contributed by atoms with E-state index in [0.717, 1.165) is 5.56 Å². The van der Waals surface area contributed by atoms with E-state index in [1.165, 1.54) is 30.3 Å². The molecule has 0 aliphatic heterocycles. The van der Waals surface area contributed by atoms with Crippen molar-refractivity contribution < 1.29 is 19.6 Å². The maximum absolute atomic E-state index is 11.8. The van der Waals surface area contributed by atoms with Crippen LogP contribution in [0.15, 0.2) is 54.6 Å². The van der Waals surface area contributed by atoms with Gasteiger partial charge in [0.25, 0.3) is 5.69 Å². The van der Waals surface area contributed by atoms with Crippen molar-refractivity contribution in [3.05, 3.63) is 75.8 Å². The average Bonchev–Trinajstić information content (AvgIpc) is 2.59. The van der Waals surface area contributed by atoms with E-state index in [4.69, 9.17) is 4.74 Å². The monoisotopic (exact) mass is 327 g/mol. The molecule has 123 valence electrons. The highest BCUT2D eigenvalue weighted by Gasteiger charge is 2.07. The van der Waals surface area contributed by atoms with Crippen LogP contribution in [0.2, 0.25) is 0 Å². The normalized spacial score (nSPS) is 10.5. The van der Waals surface area contributed by atoms with Gasteiger partial charge in [-0.15, -0.1) is 0 Å². The Kier molecular flexibility index (Phi) is 6.04. The average molecular weight is 327 g/mol. The number of hydrogen-bond acceptors (Lipinski definition) is 4. The van der Waals surface area contributed by atoms with Gasteiger partial charge < -0.3 is 4.74 Å². The van der Waals surface area contributed by atoms with Crippen molar-refractivity contribution in [1.82, 2.24) is 0 Å². The van der Waals surface area contributed by atoms with Gasteiger partial charge in [-0.1, -0.05) is 24.3 Å². The summed E-state index contributed by atoms with van der Waals surface area (Å²) in [6, 6.07) is 12.7. The molecule has 0 saturated heterocycles. The lowest BCUT2D eigenvalue weighted by Gasteiger charge is -2.07. The maximum Gasteiger partial charge on any atom is 0.411 e. The second kappa shape index (κ2) is 8.44. The molecule has 0 unspecified atom stereocenters. The van der Waals surface area contributed by atoms with Gasteiger partial charge in [0.05, 0.1) is 4.92 Å². The first-order valence-electron chi connectivity index (χ1n) is 7.10. The number of anilines is 1. The van der Waals surface area contributed by atoms with Crippen molar-refractivity contribution >= 4 is 23.5 Å². The zero-order valence-corrected chi connectivity index (χ0v) is 12.7. The molecule has 0 saturated carbocycles. The van der Waals surface area contributed by atoms with Crippen LogP contribution in [-0.4, -0.2) is 17.6 Å². The molecule has 0 fully saturated rings. The zero-order valence-electron chi connectivity index (χ0n) is 12.7. The number of nitro benzene ring substituents is 1. The van der Waals surface area contributed by atoms with Gasteiger partial charge in [0.15, 0.2) is 0 Å². The van der Waals surface area contributed by atoms with Crippen LogP contribution in [0.1, 0.15) is 11.1 Å². The van der Waals surface area contributed by atoms with E-state index in [1.807, 2.05) is 0 Å². The third-order valence-electron chi connectivity index (χ3n) is 3.06. The van der Waals surface area contributed by atoms with E-state index in [1.54, 1.807) is 30.3 Å². The molecule has 0 heterocycles. The largest absolute Gasteiger partial charge is 0.444 e. The fourth-order valence-electron chi connectivity index (χ4n) is 1.92. The fourth-order valence-corrected chi connectivity index (χ4v) is 1.92. The summed E-state index contributed by atoms with van der Waals surface area (Å²) in [6.07, 6.45) is 2.50. The number of hydrogen-bond donors (Lipinski definition) is 1. The number of amides is 1. The summed E-state index contributed by atoms with van der Waals surface area (Å²) in [4.78, 5) is 21.8. The van der Waals surface area contributed by atoms with Crippen molar-refractivity contribution in [3.63, 3.8) is 0 Å². The van der Waals surface area contributed by atoms with E-state index in [9.17, 15) is 20.0 Å². The number of non-ortho nitro benzene ring substituents is 1. The molecule has 2 aromatic rings. The molecule has 1 amide bonds. The van der Waals surface area contributed by atoms with Gasteiger partial charge in [-0.25, -0.2) is 9.90 Å². The summed E-state index contributed by atoms with van der Waals surface area (Å²) in [5, 5.41) is 23.6. The molecule has 24 heavy (non-hydrogen) atoms. The molecule has 1 radical (unpaired) electrons. The van der Waals surface area contributed by atoms with Crippen LogP contribution in [0.4, 0.5) is 16.2 Å². The Hall–Kier alpha value is -3.19. The van der Waals surface area contributed by atoms with Crippen molar-refractivity contribution in [2.45, 2.75) is 6.61 Å². The molecule has 7 heteroatoms. The lowest BCUT2D eigenvalue weighted by Crippen LogP contribution is -2.13. The van der Waals surface area contributed by atoms with Gasteiger partial charge in [0.1, 0.15) is 13.2 Å². The second-order valence-electron chi connectivity index (χ2n) is 4.82. The van der Waals surface area contributed by atoms with Crippen LogP contribution in [0, 0.1) is 10.1 Å². The maximum atomic E-state index is 11.8. The molecule has 1 N–H and O–H groups in total. The number of carbonyl (C=O) groups excluding carboxylic acids is 1. The molecule has 0 aliphatic rings. The second-order valence-corrected chi connectivity index (χ2v) is 4.82. The van der Waals surface area contributed by atoms with Crippen LogP contribution in [0.25, 0.3) is 6.08 Å². The van der Waals surface area contributed by atoms with Crippen LogP contribution in [0.5, 0.6) is 0 Å². The summed E-state index contributed by atoms with van der Waals surface area (Å²) in [7, 11) is 0. The highest BCUT2D eigenvalue weighted by atomic mass is 16.6. The Labute approximate surface area is 138 Å². The number of benzene rings is 2. The topological polar surface area (TPSA) is 101 Å². The Morgan fingerprint density at radius 2 is 1.96 bits per heavy atom. The number of rotatable bonds is 6. The minimum absolute atomic E-state index is 0.000394. The van der Waals surface area contributed by atoms with Crippen molar-refractivity contribution in [3.8, 4) is 0 Å². The number of carbonyl (C=O) groups is 1. The number of nitrogens with zero attached hydrogens (tertiary/aromatic N) is 1. The fraction of sp³-hybridized carbons (Fsp3) is 0.118. The molecule has 0 spiro atoms. The molecule has 0 atom stereocenters. The highest BCUT2D eigenvalue weighted by molar-refractivity contribution is 5.85. The minimum Gasteiger partial charge on any atom is -0.444 e. The van der Waals surface area contributed by atoms with Gasteiger partial charge in [0.2, 0.25) is 0 Å². The standard InChI is InChI=1S/C17H15N2O5/c20-10-2-4-13-3-1-5-15(11-13)18-17(21)24-12-14-6-8-16(9-7-14)19(22)23/h1-9,11H,10,12H2,(H,18,21). The van der Waals surface area contributed by atoms with Gasteiger partial charge in [-0.05, 0) is 35.4 Å². The van der Waals surface area contributed by atoms with E-state index < -0.39 is 11.0 Å². The lowest BCUT2D eigenvalue weighted by molar-refractivity contribution is -0.384. The predicted octanol–water partition coefficient (Wildman–Crippen LogP) is 3.79. The van der Waals surface area contributed by atoms with Gasteiger partial charge >= 0.3 is 6.09 Å². The SMILES string of the molecule is [O]CC=Cc1cccc(NC(=O)OCc2ccc([N+](=O)[O-])cc2)c1. The summed E-state index contributed by atoms with van der Waals surface area (Å²) >= 11 is 0. The molecular weight excluding hydrogens is 312 g/mol. The van der Waals surface area contributed by atoms with Gasteiger partial charge in [-0.3, -0.25) is 15.4 Å². The van der Waals surface area contributed by atoms with Crippen LogP contribution in [-0.2, 0) is 16.5 Å². The molecule has 0 bridgehead atoms. The van der Waals surface area contributed by atoms with Crippen LogP contribution < -0.4 is 5.32 Å². The van der Waals surface area contributed by atoms with Gasteiger partial charge in [-0.2, -0.15) is 0 Å². The first kappa shape index (κ1) is 17.2. The third-order valence-corrected chi connectivity index (χ3v) is 3.06. The minimum atomic E-state index is -0.640. The Bertz CT molecular complexity index is 741. The molecule has 0 aromatic heterocycles. The first-order valence-corrected chi connectivity index (χ1v) is 7.10. The zero-order chi connectivity index (χ0) is 17.4. The first-order chi connectivity index (χ1) is 11.6. The smallest absolute Gasteiger partial charge is 0.411 e. The summed E-state index contributed by atoms with van der Waals surface area (Å²) in [5.41, 5.74) is 1.95. The number of nitrogens with one attached hydrogen (secondary N) is 1. The van der Waals surface area contributed by atoms with E-state index in [2.05, 4.69) is 5.32 Å². The van der Waals surface area contributed by atoms with E-state index in [0.29, 0.717) is 11.3 Å². The molecule has 7 nitrogen and oxygen atoms in total. The van der Waals surface area contributed by atoms with Crippen LogP contribution >= 0.6 is 0 Å². The van der Waals surface area contributed by atoms with E-state index in [-0.39, 0.29) is 18.9 Å². The molecular formula is C17H15N2O5. The number of nitro groups is 1. The Morgan fingerprint density at radius 1 is 1.21 bits per heavy atom. The van der Waals surface area contributed by atoms with E-state index >= 15 is 0 Å². The summed E-state index contributed by atoms with van der Waals surface area (Å²) in [5.74, 6) is 0. The van der Waals surface area contributed by atoms with Crippen molar-refractivity contribution in [2.75, 3.05) is 11.9 Å². The molecule has 2 aromatic carbocycles. The molecule has 0 aliphatic carbocycles. The number of ether oxygens (including phenoxy) is 1. The lowest BCUT2D eigenvalue weighted by atomic mass is 10.2. The van der Waals surface area contributed by atoms with Crippen molar-refractivity contribution in [2.24, 2.45) is 0 Å². The quantitative estimate of drug-likeness (QED) is 0.644. The van der Waals surface area contributed by atoms with Crippen molar-refractivity contribution in [1.29, 1.82) is 0 Å². The summed E-state index contributed by atoms with van der Waals surface area (Å²) < 4.78 is 5.07. The third kappa shape index (κ3) is 5.22. The van der Waals surface area contributed by atoms with Gasteiger partial charge in [0, 0.05) is 17.8 Å². The Morgan fingerprint density at radius 3 is 2.62 bits per heavy atom.